The van der Waals surface area contributed by atoms with Crippen molar-refractivity contribution in [1.82, 2.24) is 25.2 Å². The van der Waals surface area contributed by atoms with E-state index in [1.54, 1.807) is 13.2 Å². The number of nitrogens with zero attached hydrogens (tertiary/aromatic N) is 2. The molecule has 4 saturated carbocycles. The van der Waals surface area contributed by atoms with Gasteiger partial charge in [0.1, 0.15) is 41.3 Å². The maximum atomic E-state index is 15.0. The van der Waals surface area contributed by atoms with Crippen LogP contribution < -0.4 is 29.6 Å². The second-order valence-corrected chi connectivity index (χ2v) is 19.7. The molecule has 4 aliphatic carbocycles. The lowest BCUT2D eigenvalue weighted by molar-refractivity contribution is -0.142. The Morgan fingerprint density at radius 3 is 2.53 bits per heavy atom. The van der Waals surface area contributed by atoms with Gasteiger partial charge in [-0.05, 0) is 95.1 Å². The Balaban J connectivity index is 1.17. The van der Waals surface area contributed by atoms with Gasteiger partial charge in [-0.3, -0.25) is 19.1 Å². The zero-order valence-electron chi connectivity index (χ0n) is 34.3. The molecule has 15 nitrogen and oxygen atoms in total. The van der Waals surface area contributed by atoms with Crippen LogP contribution in [0.25, 0.3) is 10.9 Å². The van der Waals surface area contributed by atoms with Gasteiger partial charge < -0.3 is 34.5 Å². The highest BCUT2D eigenvalue weighted by Crippen LogP contribution is 2.47. The molecule has 6 aliphatic rings. The smallest absolute Gasteiger partial charge is 0.408 e. The van der Waals surface area contributed by atoms with Gasteiger partial charge in [0, 0.05) is 35.3 Å². The fourth-order valence-corrected chi connectivity index (χ4v) is 11.4. The van der Waals surface area contributed by atoms with Crippen molar-refractivity contribution in [2.24, 2.45) is 17.3 Å². The molecule has 5 fully saturated rings. The molecule has 2 aromatic rings. The number of rotatable bonds is 10. The third-order valence-electron chi connectivity index (χ3n) is 13.7. The van der Waals surface area contributed by atoms with Crippen LogP contribution >= 0.6 is 0 Å². The van der Waals surface area contributed by atoms with Crippen molar-refractivity contribution in [3.63, 3.8) is 0 Å². The molecule has 16 heteroatoms. The highest BCUT2D eigenvalue weighted by Gasteiger charge is 2.62. The van der Waals surface area contributed by atoms with Crippen molar-refractivity contribution in [1.29, 1.82) is 0 Å². The predicted octanol–water partition coefficient (Wildman–Crippen LogP) is 4.84. The highest BCUT2D eigenvalue weighted by molar-refractivity contribution is 7.91. The van der Waals surface area contributed by atoms with Crippen molar-refractivity contribution in [3.8, 4) is 17.4 Å². The summed E-state index contributed by atoms with van der Waals surface area (Å²) in [5, 5.41) is 5.92. The first-order valence-electron chi connectivity index (χ1n) is 21.4. The average Bonchev–Trinajstić information content (AvgIpc) is 4.02. The number of aromatic nitrogens is 1. The first kappa shape index (κ1) is 41.1. The van der Waals surface area contributed by atoms with E-state index in [0.717, 1.165) is 68.7 Å². The molecule has 1 aromatic carbocycles. The largest absolute Gasteiger partial charge is 0.496 e. The second kappa shape index (κ2) is 16.1. The zero-order chi connectivity index (χ0) is 41.7. The van der Waals surface area contributed by atoms with Crippen molar-refractivity contribution < 1.29 is 46.5 Å². The Kier molecular flexibility index (Phi) is 11.2. The Bertz CT molecular complexity index is 2120. The maximum Gasteiger partial charge on any atom is 0.408 e. The number of hydrogen-bond donors (Lipinski definition) is 3. The predicted molar refractivity (Wildman–Crippen MR) is 217 cm³/mol. The average molecular weight is 836 g/mol. The van der Waals surface area contributed by atoms with Crippen LogP contribution in [0.3, 0.4) is 0 Å². The third kappa shape index (κ3) is 8.17. The summed E-state index contributed by atoms with van der Waals surface area (Å²) in [6.45, 7) is 8.21. The van der Waals surface area contributed by atoms with Gasteiger partial charge in [-0.2, -0.15) is 0 Å². The van der Waals surface area contributed by atoms with Gasteiger partial charge in [-0.1, -0.05) is 25.8 Å². The Morgan fingerprint density at radius 2 is 1.83 bits per heavy atom. The topological polar surface area (TPSA) is 192 Å². The van der Waals surface area contributed by atoms with Crippen LogP contribution in [-0.2, 0) is 35.6 Å². The number of alkyl carbamates (subject to hydrolysis) is 1. The van der Waals surface area contributed by atoms with Crippen LogP contribution in [0.1, 0.15) is 103 Å². The van der Waals surface area contributed by atoms with Crippen molar-refractivity contribution in [2.75, 3.05) is 20.3 Å². The van der Waals surface area contributed by atoms with Gasteiger partial charge >= 0.3 is 6.09 Å². The summed E-state index contributed by atoms with van der Waals surface area (Å²) < 4.78 is 52.5. The second-order valence-electron chi connectivity index (χ2n) is 17.7. The lowest BCUT2D eigenvalue weighted by Crippen LogP contribution is -2.59. The Hall–Kier alpha value is -4.60. The third-order valence-corrected chi connectivity index (χ3v) is 15.5. The first-order chi connectivity index (χ1) is 28.3. The van der Waals surface area contributed by atoms with E-state index in [1.807, 2.05) is 19.1 Å². The van der Waals surface area contributed by atoms with Crippen molar-refractivity contribution in [3.05, 3.63) is 36.4 Å². The lowest BCUT2D eigenvalue weighted by Gasteiger charge is -2.34. The van der Waals surface area contributed by atoms with Gasteiger partial charge in [0.15, 0.2) is 0 Å². The summed E-state index contributed by atoms with van der Waals surface area (Å²) >= 11 is 0. The van der Waals surface area contributed by atoms with Crippen LogP contribution in [-0.4, -0.2) is 97.5 Å². The molecule has 2 aliphatic heterocycles. The maximum absolute atomic E-state index is 15.0. The van der Waals surface area contributed by atoms with E-state index in [0.29, 0.717) is 48.8 Å². The molecule has 1 aromatic heterocycles. The number of pyridine rings is 1. The summed E-state index contributed by atoms with van der Waals surface area (Å²) in [5.74, 6) is -1.11. The summed E-state index contributed by atoms with van der Waals surface area (Å²) in [6.07, 6.45) is 9.06. The number of ether oxygens (including phenoxy) is 4. The number of sulfonamides is 1. The monoisotopic (exact) mass is 835 g/mol. The fraction of sp³-hybridized carbons (Fsp3) is 0.651. The molecule has 3 N–H and O–H groups in total. The molecule has 0 unspecified atom stereocenters. The molecule has 4 bridgehead atoms. The molecule has 1 saturated heterocycles. The zero-order valence-corrected chi connectivity index (χ0v) is 35.1. The molecular formula is C43H57N5O10S. The summed E-state index contributed by atoms with van der Waals surface area (Å²) in [7, 11) is -2.28. The van der Waals surface area contributed by atoms with E-state index in [4.69, 9.17) is 23.9 Å². The number of nitrogens with one attached hydrogen (secondary N) is 3. The van der Waals surface area contributed by atoms with E-state index in [-0.39, 0.29) is 36.8 Å². The number of methoxy groups -OCH3 is 1. The van der Waals surface area contributed by atoms with Crippen molar-refractivity contribution >= 4 is 44.7 Å². The molecule has 7 atom stereocenters. The Morgan fingerprint density at radius 1 is 1.07 bits per heavy atom. The molecule has 8 rings (SSSR count). The van der Waals surface area contributed by atoms with Gasteiger partial charge in [0.25, 0.3) is 5.91 Å². The molecule has 0 spiro atoms. The number of aryl methyl sites for hydroxylation is 1. The van der Waals surface area contributed by atoms with E-state index in [2.05, 4.69) is 28.9 Å². The summed E-state index contributed by atoms with van der Waals surface area (Å²) in [5.41, 5.74) is -0.258. The van der Waals surface area contributed by atoms with Crippen LogP contribution in [0, 0.1) is 17.3 Å². The van der Waals surface area contributed by atoms with Crippen LogP contribution in [0.4, 0.5) is 4.79 Å². The van der Waals surface area contributed by atoms with E-state index in [9.17, 15) is 27.6 Å². The van der Waals surface area contributed by atoms with Gasteiger partial charge in [-0.25, -0.2) is 18.2 Å². The van der Waals surface area contributed by atoms with E-state index in [1.165, 1.54) is 11.0 Å². The van der Waals surface area contributed by atoms with Crippen molar-refractivity contribution in [2.45, 2.75) is 139 Å². The molecular weight excluding hydrogens is 779 g/mol. The van der Waals surface area contributed by atoms with Crippen LogP contribution in [0.15, 0.2) is 30.9 Å². The number of carbonyl (C=O) groups is 4. The van der Waals surface area contributed by atoms with Crippen LogP contribution in [0.2, 0.25) is 0 Å². The van der Waals surface area contributed by atoms with Crippen LogP contribution in [0.5, 0.6) is 17.4 Å². The molecule has 320 valence electrons. The quantitative estimate of drug-likeness (QED) is 0.278. The Labute approximate surface area is 345 Å². The summed E-state index contributed by atoms with van der Waals surface area (Å²) in [4.78, 5) is 63.3. The number of hydrogen-bond acceptors (Lipinski definition) is 11. The lowest BCUT2D eigenvalue weighted by atomic mass is 9.81. The summed E-state index contributed by atoms with van der Waals surface area (Å²) in [6, 6.07) is 3.53. The van der Waals surface area contributed by atoms with Gasteiger partial charge in [-0.15, -0.1) is 6.58 Å². The number of carbonyl (C=O) groups excluding carboxylic acids is 4. The minimum Gasteiger partial charge on any atom is -0.496 e. The van der Waals surface area contributed by atoms with E-state index >= 15 is 0 Å². The number of amides is 4. The van der Waals surface area contributed by atoms with Gasteiger partial charge in [0.2, 0.25) is 27.7 Å². The first-order valence-corrected chi connectivity index (χ1v) is 22.9. The standard InChI is InChI=1S/C43H57N5O10S/c1-5-27-23-43(27,40(51)47-59(53,54)29-15-16-29)46-38(49)32-20-28-24-48(32)39(50)37(25-11-7-8-12-25)45-41(52)58-35-14-10-18-42(35,3)17-9-13-26-19-30-31(21-33(26)55-4)44-36(56-6-2)22-34(30)57-28/h5,19,21-22,25,27-29,32,35,37H,1,6-18,20,23-24H2,2-4H3,(H,45,52)(H,46,49)(H,47,51)/t27-,28+,32-,35-,37-,42-,43+/m0/s1. The highest BCUT2D eigenvalue weighted by atomic mass is 32.2. The SMILES string of the molecule is C=C[C@H]1C[C@]1(NC(=O)[C@@H]1C[C@@H]2CN1C(=O)[C@H](C1CCCC1)NC(=O)O[C@H]1CCC[C@]1(C)CCCc1cc3c(cc(OCC)nc3cc1OC)O2)C(=O)NS(=O)(=O)C1CC1. The molecule has 3 heterocycles. The molecule has 4 amide bonds. The minimum absolute atomic E-state index is 0.00545. The fourth-order valence-electron chi connectivity index (χ4n) is 10.0. The minimum atomic E-state index is -3.91. The number of fused-ring (bicyclic) bond motifs is 4. The van der Waals surface area contributed by atoms with Gasteiger partial charge in [0.05, 0.1) is 31.0 Å². The molecule has 0 radical (unpaired) electrons. The molecule has 59 heavy (non-hydrogen) atoms. The number of benzene rings is 1. The normalized spacial score (nSPS) is 31.3. The van der Waals surface area contributed by atoms with E-state index < -0.39 is 68.7 Å².